The molecule has 1 N–H and O–H groups in total. The molecule has 1 aromatic rings. The SMILES string of the molecule is Cl.O=C(C1CCNC1)N(Cc1cccc(F)c1)C1CC1. The van der Waals surface area contributed by atoms with Crippen molar-refractivity contribution in [1.29, 1.82) is 0 Å². The second-order valence-corrected chi connectivity index (χ2v) is 5.52. The molecule has 1 saturated heterocycles. The highest BCUT2D eigenvalue weighted by atomic mass is 35.5. The maximum Gasteiger partial charge on any atom is 0.227 e. The van der Waals surface area contributed by atoms with Crippen LogP contribution in [0.2, 0.25) is 0 Å². The van der Waals surface area contributed by atoms with Gasteiger partial charge in [-0.3, -0.25) is 4.79 Å². The summed E-state index contributed by atoms with van der Waals surface area (Å²) >= 11 is 0. The van der Waals surface area contributed by atoms with Gasteiger partial charge in [-0.05, 0) is 43.5 Å². The largest absolute Gasteiger partial charge is 0.335 e. The van der Waals surface area contributed by atoms with Crippen molar-refractivity contribution in [2.24, 2.45) is 5.92 Å². The van der Waals surface area contributed by atoms with Crippen LogP contribution in [-0.2, 0) is 11.3 Å². The number of nitrogens with zero attached hydrogens (tertiary/aromatic N) is 1. The summed E-state index contributed by atoms with van der Waals surface area (Å²) in [7, 11) is 0. The van der Waals surface area contributed by atoms with E-state index in [1.807, 2.05) is 11.0 Å². The smallest absolute Gasteiger partial charge is 0.227 e. The van der Waals surface area contributed by atoms with Crippen LogP contribution in [0.4, 0.5) is 4.39 Å². The van der Waals surface area contributed by atoms with Gasteiger partial charge in [-0.15, -0.1) is 12.4 Å². The fraction of sp³-hybridized carbons (Fsp3) is 0.533. The van der Waals surface area contributed by atoms with Gasteiger partial charge in [0.2, 0.25) is 5.91 Å². The van der Waals surface area contributed by atoms with Crippen LogP contribution in [0.5, 0.6) is 0 Å². The summed E-state index contributed by atoms with van der Waals surface area (Å²) in [6, 6.07) is 6.93. The highest BCUT2D eigenvalue weighted by molar-refractivity contribution is 5.85. The maximum absolute atomic E-state index is 13.2. The second-order valence-electron chi connectivity index (χ2n) is 5.52. The summed E-state index contributed by atoms with van der Waals surface area (Å²) in [5.74, 6) is 0.106. The molecule has 20 heavy (non-hydrogen) atoms. The molecule has 1 aliphatic carbocycles. The molecule has 0 bridgehead atoms. The molecular weight excluding hydrogens is 279 g/mol. The van der Waals surface area contributed by atoms with Gasteiger partial charge in [-0.1, -0.05) is 12.1 Å². The fourth-order valence-corrected chi connectivity index (χ4v) is 2.71. The molecule has 0 radical (unpaired) electrons. The Balaban J connectivity index is 0.00000147. The number of hydrogen-bond acceptors (Lipinski definition) is 2. The molecule has 3 nitrogen and oxygen atoms in total. The first-order valence-electron chi connectivity index (χ1n) is 6.99. The summed E-state index contributed by atoms with van der Waals surface area (Å²) in [6.45, 7) is 2.25. The molecule has 2 aliphatic rings. The van der Waals surface area contributed by atoms with Crippen molar-refractivity contribution < 1.29 is 9.18 Å². The molecule has 1 unspecified atom stereocenters. The van der Waals surface area contributed by atoms with Gasteiger partial charge in [0.15, 0.2) is 0 Å². The van der Waals surface area contributed by atoms with E-state index in [4.69, 9.17) is 0 Å². The Morgan fingerprint density at radius 3 is 2.75 bits per heavy atom. The lowest BCUT2D eigenvalue weighted by Crippen LogP contribution is -2.38. The van der Waals surface area contributed by atoms with E-state index in [1.165, 1.54) is 12.1 Å². The quantitative estimate of drug-likeness (QED) is 0.925. The number of nitrogens with one attached hydrogen (secondary N) is 1. The highest BCUT2D eigenvalue weighted by Crippen LogP contribution is 2.30. The van der Waals surface area contributed by atoms with Gasteiger partial charge < -0.3 is 10.2 Å². The number of benzene rings is 1. The standard InChI is InChI=1S/C15H19FN2O.ClH/c16-13-3-1-2-11(8-13)10-18(14-4-5-14)15(19)12-6-7-17-9-12;/h1-3,8,12,14,17H,4-7,9-10H2;1H. The van der Waals surface area contributed by atoms with Gasteiger partial charge in [-0.2, -0.15) is 0 Å². The van der Waals surface area contributed by atoms with Crippen molar-refractivity contribution in [3.63, 3.8) is 0 Å². The van der Waals surface area contributed by atoms with E-state index in [-0.39, 0.29) is 30.0 Å². The predicted molar refractivity (Wildman–Crippen MR) is 78.2 cm³/mol. The summed E-state index contributed by atoms with van der Waals surface area (Å²) in [5.41, 5.74) is 0.881. The number of hydrogen-bond donors (Lipinski definition) is 1. The van der Waals surface area contributed by atoms with E-state index in [2.05, 4.69) is 5.32 Å². The summed E-state index contributed by atoms with van der Waals surface area (Å²) in [5, 5.41) is 3.23. The number of rotatable bonds is 4. The van der Waals surface area contributed by atoms with Crippen LogP contribution in [0.25, 0.3) is 0 Å². The summed E-state index contributed by atoms with van der Waals surface area (Å²) in [6.07, 6.45) is 3.09. The zero-order chi connectivity index (χ0) is 13.2. The molecule has 2 fully saturated rings. The van der Waals surface area contributed by atoms with Crippen LogP contribution < -0.4 is 5.32 Å². The lowest BCUT2D eigenvalue weighted by Gasteiger charge is -2.25. The first-order chi connectivity index (χ1) is 9.24. The van der Waals surface area contributed by atoms with Crippen LogP contribution in [0.3, 0.4) is 0 Å². The molecule has 0 spiro atoms. The molecule has 1 aromatic carbocycles. The van der Waals surface area contributed by atoms with Crippen molar-refractivity contribution >= 4 is 18.3 Å². The molecule has 1 saturated carbocycles. The number of carbonyl (C=O) groups excluding carboxylic acids is 1. The number of carbonyl (C=O) groups is 1. The van der Waals surface area contributed by atoms with Crippen molar-refractivity contribution in [3.05, 3.63) is 35.6 Å². The molecule has 5 heteroatoms. The summed E-state index contributed by atoms with van der Waals surface area (Å²) < 4.78 is 13.2. The van der Waals surface area contributed by atoms with E-state index in [9.17, 15) is 9.18 Å². The molecule has 1 atom stereocenters. The third kappa shape index (κ3) is 3.49. The second kappa shape index (κ2) is 6.55. The first-order valence-corrected chi connectivity index (χ1v) is 6.99. The van der Waals surface area contributed by atoms with Gasteiger partial charge >= 0.3 is 0 Å². The zero-order valence-corrected chi connectivity index (χ0v) is 12.2. The molecule has 1 aliphatic heterocycles. The fourth-order valence-electron chi connectivity index (χ4n) is 2.71. The van der Waals surface area contributed by atoms with Crippen LogP contribution in [-0.4, -0.2) is 29.9 Å². The molecule has 1 heterocycles. The van der Waals surface area contributed by atoms with Crippen LogP contribution >= 0.6 is 12.4 Å². The Morgan fingerprint density at radius 1 is 1.35 bits per heavy atom. The predicted octanol–water partition coefficient (Wildman–Crippen LogP) is 2.35. The van der Waals surface area contributed by atoms with Gasteiger partial charge in [0.05, 0.1) is 5.92 Å². The van der Waals surface area contributed by atoms with Gasteiger partial charge in [0, 0.05) is 19.1 Å². The topological polar surface area (TPSA) is 32.3 Å². The van der Waals surface area contributed by atoms with Crippen LogP contribution in [0.15, 0.2) is 24.3 Å². The number of amides is 1. The van der Waals surface area contributed by atoms with Gasteiger partial charge in [-0.25, -0.2) is 4.39 Å². The Kier molecular flexibility index (Phi) is 5.00. The minimum Gasteiger partial charge on any atom is -0.335 e. The molecule has 3 rings (SSSR count). The average molecular weight is 299 g/mol. The van der Waals surface area contributed by atoms with Crippen LogP contribution in [0, 0.1) is 11.7 Å². The normalized spacial score (nSPS) is 21.4. The Labute approximate surface area is 124 Å². The van der Waals surface area contributed by atoms with Gasteiger partial charge in [0.25, 0.3) is 0 Å². The first kappa shape index (κ1) is 15.3. The lowest BCUT2D eigenvalue weighted by atomic mass is 10.1. The van der Waals surface area contributed by atoms with Gasteiger partial charge in [0.1, 0.15) is 5.82 Å². The summed E-state index contributed by atoms with van der Waals surface area (Å²) in [4.78, 5) is 14.5. The number of halogens is 2. The molecule has 1 amide bonds. The maximum atomic E-state index is 13.2. The van der Waals surface area contributed by atoms with Crippen molar-refractivity contribution in [3.8, 4) is 0 Å². The van der Waals surface area contributed by atoms with E-state index >= 15 is 0 Å². The van der Waals surface area contributed by atoms with Crippen molar-refractivity contribution in [1.82, 2.24) is 10.2 Å². The average Bonchev–Trinajstić information content (AvgIpc) is 3.09. The highest BCUT2D eigenvalue weighted by Gasteiger charge is 2.36. The van der Waals surface area contributed by atoms with E-state index in [1.54, 1.807) is 6.07 Å². The minimum atomic E-state index is -0.233. The molecule has 0 aromatic heterocycles. The zero-order valence-electron chi connectivity index (χ0n) is 11.3. The third-order valence-electron chi connectivity index (χ3n) is 3.92. The van der Waals surface area contributed by atoms with E-state index in [0.717, 1.165) is 37.9 Å². The monoisotopic (exact) mass is 298 g/mol. The van der Waals surface area contributed by atoms with Crippen molar-refractivity contribution in [2.45, 2.75) is 31.8 Å². The van der Waals surface area contributed by atoms with Crippen molar-refractivity contribution in [2.75, 3.05) is 13.1 Å². The molecule has 110 valence electrons. The minimum absolute atomic E-state index is 0. The Morgan fingerprint density at radius 2 is 2.15 bits per heavy atom. The molecular formula is C15H20ClFN2O. The lowest BCUT2D eigenvalue weighted by molar-refractivity contribution is -0.136. The van der Waals surface area contributed by atoms with Crippen LogP contribution in [0.1, 0.15) is 24.8 Å². The third-order valence-corrected chi connectivity index (χ3v) is 3.92. The Bertz CT molecular complexity index is 473. The Hall–Kier alpha value is -1.13. The van der Waals surface area contributed by atoms with E-state index in [0.29, 0.717) is 12.6 Å². The van der Waals surface area contributed by atoms with E-state index < -0.39 is 0 Å².